The Morgan fingerprint density at radius 3 is 2.36 bits per heavy atom. The maximum atomic E-state index is 12.6. The standard InChI is InChI=1S/C17H29NO4/c1-12-9-10-18(15(11-12)17(20)21)16(19)13(2)22-14-7-5-3-4-6-8-14/h12-15H,3-11H2,1-2H3,(H,20,21). The third-order valence-corrected chi connectivity index (χ3v) is 4.98. The number of hydrogen-bond acceptors (Lipinski definition) is 3. The first-order valence-electron chi connectivity index (χ1n) is 8.67. The minimum absolute atomic E-state index is 0.147. The fourth-order valence-electron chi connectivity index (χ4n) is 3.60. The van der Waals surface area contributed by atoms with Crippen molar-refractivity contribution in [3.05, 3.63) is 0 Å². The van der Waals surface area contributed by atoms with Crippen molar-refractivity contribution in [1.82, 2.24) is 4.90 Å². The van der Waals surface area contributed by atoms with E-state index >= 15 is 0 Å². The van der Waals surface area contributed by atoms with Crippen LogP contribution in [0.3, 0.4) is 0 Å². The van der Waals surface area contributed by atoms with Crippen molar-refractivity contribution in [2.24, 2.45) is 5.92 Å². The zero-order valence-electron chi connectivity index (χ0n) is 13.8. The minimum atomic E-state index is -0.901. The van der Waals surface area contributed by atoms with Gasteiger partial charge < -0.3 is 14.7 Å². The number of hydrogen-bond donors (Lipinski definition) is 1. The Bertz CT molecular complexity index is 390. The number of piperidine rings is 1. The average molecular weight is 311 g/mol. The Morgan fingerprint density at radius 1 is 1.14 bits per heavy atom. The first kappa shape index (κ1) is 17.3. The highest BCUT2D eigenvalue weighted by molar-refractivity contribution is 5.86. The second-order valence-corrected chi connectivity index (χ2v) is 6.91. The van der Waals surface area contributed by atoms with Gasteiger partial charge in [0.15, 0.2) is 0 Å². The molecule has 22 heavy (non-hydrogen) atoms. The summed E-state index contributed by atoms with van der Waals surface area (Å²) in [7, 11) is 0. The van der Waals surface area contributed by atoms with Crippen LogP contribution in [0.2, 0.25) is 0 Å². The summed E-state index contributed by atoms with van der Waals surface area (Å²) in [5.74, 6) is -0.714. The number of ether oxygens (including phenoxy) is 1. The van der Waals surface area contributed by atoms with Gasteiger partial charge in [0.25, 0.3) is 5.91 Å². The maximum absolute atomic E-state index is 12.6. The van der Waals surface area contributed by atoms with Gasteiger partial charge in [0.1, 0.15) is 12.1 Å². The van der Waals surface area contributed by atoms with E-state index in [0.29, 0.717) is 18.9 Å². The van der Waals surface area contributed by atoms with E-state index in [2.05, 4.69) is 0 Å². The Morgan fingerprint density at radius 2 is 1.77 bits per heavy atom. The number of carbonyl (C=O) groups excluding carboxylic acids is 1. The molecule has 0 aromatic rings. The molecule has 2 rings (SSSR count). The summed E-state index contributed by atoms with van der Waals surface area (Å²) in [5.41, 5.74) is 0. The van der Waals surface area contributed by atoms with Gasteiger partial charge in [-0.2, -0.15) is 0 Å². The Kier molecular flexibility index (Phi) is 6.24. The van der Waals surface area contributed by atoms with Gasteiger partial charge >= 0.3 is 5.97 Å². The van der Waals surface area contributed by atoms with Gasteiger partial charge in [0.05, 0.1) is 6.10 Å². The normalized spacial score (nSPS) is 28.9. The highest BCUT2D eigenvalue weighted by atomic mass is 16.5. The molecule has 1 heterocycles. The third-order valence-electron chi connectivity index (χ3n) is 4.98. The van der Waals surface area contributed by atoms with Crippen molar-refractivity contribution in [3.8, 4) is 0 Å². The molecular weight excluding hydrogens is 282 g/mol. The number of amides is 1. The molecule has 0 aromatic carbocycles. The van der Waals surface area contributed by atoms with Crippen LogP contribution in [0.5, 0.6) is 0 Å². The molecular formula is C17H29NO4. The largest absolute Gasteiger partial charge is 0.480 e. The molecule has 1 saturated carbocycles. The quantitative estimate of drug-likeness (QED) is 0.811. The van der Waals surface area contributed by atoms with Crippen LogP contribution in [0.1, 0.15) is 65.2 Å². The summed E-state index contributed by atoms with van der Waals surface area (Å²) in [6.07, 6.45) is 7.83. The van der Waals surface area contributed by atoms with Gasteiger partial charge in [-0.05, 0) is 38.5 Å². The molecule has 3 atom stereocenters. The summed E-state index contributed by atoms with van der Waals surface area (Å²) < 4.78 is 5.96. The Labute approximate surface area is 133 Å². The van der Waals surface area contributed by atoms with Gasteiger partial charge in [-0.15, -0.1) is 0 Å². The minimum Gasteiger partial charge on any atom is -0.480 e. The highest BCUT2D eigenvalue weighted by Crippen LogP contribution is 2.25. The van der Waals surface area contributed by atoms with E-state index in [4.69, 9.17) is 4.74 Å². The fraction of sp³-hybridized carbons (Fsp3) is 0.882. The lowest BCUT2D eigenvalue weighted by Gasteiger charge is -2.37. The number of likely N-dealkylation sites (tertiary alicyclic amines) is 1. The molecule has 1 amide bonds. The molecule has 5 nitrogen and oxygen atoms in total. The molecule has 1 aliphatic heterocycles. The molecule has 0 bridgehead atoms. The van der Waals surface area contributed by atoms with Gasteiger partial charge in [0, 0.05) is 6.54 Å². The SMILES string of the molecule is CC1CCN(C(=O)C(C)OC2CCCCCC2)C(C(=O)O)C1. The maximum Gasteiger partial charge on any atom is 0.326 e. The summed E-state index contributed by atoms with van der Waals surface area (Å²) >= 11 is 0. The summed E-state index contributed by atoms with van der Waals surface area (Å²) in [5, 5.41) is 9.38. The molecule has 1 saturated heterocycles. The monoisotopic (exact) mass is 311 g/mol. The van der Waals surface area contributed by atoms with Crippen LogP contribution in [-0.4, -0.2) is 46.7 Å². The lowest BCUT2D eigenvalue weighted by Crippen LogP contribution is -2.53. The van der Waals surface area contributed by atoms with E-state index in [0.717, 1.165) is 32.1 Å². The van der Waals surface area contributed by atoms with Crippen LogP contribution < -0.4 is 0 Å². The predicted octanol–water partition coefficient (Wildman–Crippen LogP) is 2.83. The highest BCUT2D eigenvalue weighted by Gasteiger charge is 2.37. The van der Waals surface area contributed by atoms with Crippen LogP contribution in [0.25, 0.3) is 0 Å². The number of carbonyl (C=O) groups is 2. The van der Waals surface area contributed by atoms with E-state index in [-0.39, 0.29) is 12.0 Å². The van der Waals surface area contributed by atoms with Crippen LogP contribution >= 0.6 is 0 Å². The van der Waals surface area contributed by atoms with Crippen molar-refractivity contribution in [2.75, 3.05) is 6.54 Å². The second kappa shape index (κ2) is 7.95. The van der Waals surface area contributed by atoms with Crippen LogP contribution in [-0.2, 0) is 14.3 Å². The number of carboxylic acids is 1. The number of rotatable bonds is 4. The number of nitrogens with zero attached hydrogens (tertiary/aromatic N) is 1. The van der Waals surface area contributed by atoms with Crippen molar-refractivity contribution in [1.29, 1.82) is 0 Å². The molecule has 0 spiro atoms. The third kappa shape index (κ3) is 4.45. The molecule has 1 aliphatic carbocycles. The van der Waals surface area contributed by atoms with Gasteiger partial charge in [-0.25, -0.2) is 4.79 Å². The molecule has 2 aliphatic rings. The topological polar surface area (TPSA) is 66.8 Å². The fourth-order valence-corrected chi connectivity index (χ4v) is 3.60. The number of aliphatic carboxylic acids is 1. The molecule has 0 aromatic heterocycles. The van der Waals surface area contributed by atoms with Crippen molar-refractivity contribution in [2.45, 2.75) is 83.5 Å². The smallest absolute Gasteiger partial charge is 0.326 e. The lowest BCUT2D eigenvalue weighted by molar-refractivity contribution is -0.160. The van der Waals surface area contributed by atoms with Gasteiger partial charge in [0.2, 0.25) is 0 Å². The first-order chi connectivity index (χ1) is 10.5. The van der Waals surface area contributed by atoms with E-state index in [1.165, 1.54) is 17.7 Å². The van der Waals surface area contributed by atoms with Gasteiger partial charge in [-0.3, -0.25) is 4.79 Å². The summed E-state index contributed by atoms with van der Waals surface area (Å²) in [6.45, 7) is 4.34. The molecule has 3 unspecified atom stereocenters. The summed E-state index contributed by atoms with van der Waals surface area (Å²) in [6, 6.07) is -0.698. The first-order valence-corrected chi connectivity index (χ1v) is 8.67. The molecule has 1 N–H and O–H groups in total. The molecule has 5 heteroatoms. The predicted molar refractivity (Wildman–Crippen MR) is 83.6 cm³/mol. The van der Waals surface area contributed by atoms with Crippen LogP contribution in [0, 0.1) is 5.92 Å². The van der Waals surface area contributed by atoms with Crippen LogP contribution in [0.15, 0.2) is 0 Å². The van der Waals surface area contributed by atoms with E-state index in [9.17, 15) is 14.7 Å². The second-order valence-electron chi connectivity index (χ2n) is 6.91. The Balaban J connectivity index is 1.94. The van der Waals surface area contributed by atoms with Crippen LogP contribution in [0.4, 0.5) is 0 Å². The van der Waals surface area contributed by atoms with E-state index in [1.807, 2.05) is 6.92 Å². The summed E-state index contributed by atoms with van der Waals surface area (Å²) in [4.78, 5) is 25.6. The van der Waals surface area contributed by atoms with Crippen molar-refractivity contribution < 1.29 is 19.4 Å². The molecule has 2 fully saturated rings. The number of carboxylic acid groups (broad SMARTS) is 1. The zero-order valence-corrected chi connectivity index (χ0v) is 13.8. The zero-order chi connectivity index (χ0) is 16.1. The molecule has 0 radical (unpaired) electrons. The van der Waals surface area contributed by atoms with E-state index < -0.39 is 18.1 Å². The Hall–Kier alpha value is -1.10. The van der Waals surface area contributed by atoms with Crippen molar-refractivity contribution >= 4 is 11.9 Å². The van der Waals surface area contributed by atoms with Crippen molar-refractivity contribution in [3.63, 3.8) is 0 Å². The van der Waals surface area contributed by atoms with Gasteiger partial charge in [-0.1, -0.05) is 32.6 Å². The lowest BCUT2D eigenvalue weighted by atomic mass is 9.92. The average Bonchev–Trinajstić information content (AvgIpc) is 2.75. The molecule has 126 valence electrons. The van der Waals surface area contributed by atoms with E-state index in [1.54, 1.807) is 6.92 Å².